The predicted octanol–water partition coefficient (Wildman–Crippen LogP) is 3.16. The fourth-order valence-corrected chi connectivity index (χ4v) is 2.77. The Bertz CT molecular complexity index is 982. The van der Waals surface area contributed by atoms with Crippen molar-refractivity contribution in [3.8, 4) is 5.75 Å². The van der Waals surface area contributed by atoms with E-state index in [1.54, 1.807) is 37.4 Å². The van der Waals surface area contributed by atoms with Gasteiger partial charge in [-0.1, -0.05) is 17.7 Å². The average Bonchev–Trinajstić information content (AvgIpc) is 2.61. The van der Waals surface area contributed by atoms with E-state index in [-0.39, 0.29) is 11.5 Å². The summed E-state index contributed by atoms with van der Waals surface area (Å²) in [6, 6.07) is 14.1. The Kier molecular flexibility index (Phi) is 5.05. The van der Waals surface area contributed by atoms with E-state index in [1.807, 2.05) is 18.2 Å². The minimum Gasteiger partial charge on any atom is -0.497 e. The van der Waals surface area contributed by atoms with Gasteiger partial charge in [-0.05, 0) is 48.2 Å². The topological polar surface area (TPSA) is 71.2 Å². The highest BCUT2D eigenvalue weighted by Gasteiger charge is 2.07. The summed E-state index contributed by atoms with van der Waals surface area (Å²) in [6.45, 7) is 0.357. The van der Waals surface area contributed by atoms with E-state index in [4.69, 9.17) is 16.3 Å². The minimum absolute atomic E-state index is 0.169. The summed E-state index contributed by atoms with van der Waals surface area (Å²) in [4.78, 5) is 27.1. The summed E-state index contributed by atoms with van der Waals surface area (Å²) in [7, 11) is 1.58. The molecule has 0 unspecified atom stereocenters. The van der Waals surface area contributed by atoms with Crippen LogP contribution in [0.3, 0.4) is 0 Å². The number of amides is 1. The molecule has 0 aliphatic heterocycles. The van der Waals surface area contributed by atoms with Gasteiger partial charge < -0.3 is 15.0 Å². The highest BCUT2D eigenvalue weighted by atomic mass is 35.5. The summed E-state index contributed by atoms with van der Waals surface area (Å²) in [5.74, 6) is 0.467. The lowest BCUT2D eigenvalue weighted by Gasteiger charge is -2.07. The van der Waals surface area contributed by atoms with Crippen LogP contribution in [0.25, 0.3) is 10.9 Å². The number of hydrogen-bond donors (Lipinski definition) is 2. The van der Waals surface area contributed by atoms with Crippen molar-refractivity contribution in [2.24, 2.45) is 0 Å². The van der Waals surface area contributed by atoms with Gasteiger partial charge in [0.15, 0.2) is 0 Å². The van der Waals surface area contributed by atoms with Crippen LogP contribution in [0.5, 0.6) is 5.75 Å². The molecule has 0 bridgehead atoms. The number of aromatic amines is 1. The molecule has 0 fully saturated rings. The van der Waals surface area contributed by atoms with Gasteiger partial charge in [0.1, 0.15) is 5.75 Å². The van der Waals surface area contributed by atoms with Crippen LogP contribution < -0.4 is 15.6 Å². The van der Waals surface area contributed by atoms with Gasteiger partial charge in [-0.15, -0.1) is 0 Å². The van der Waals surface area contributed by atoms with Gasteiger partial charge in [0.05, 0.1) is 12.6 Å². The van der Waals surface area contributed by atoms with Crippen LogP contribution in [0.2, 0.25) is 5.02 Å². The molecule has 1 aromatic heterocycles. The number of benzene rings is 2. The Morgan fingerprint density at radius 2 is 2.04 bits per heavy atom. The predicted molar refractivity (Wildman–Crippen MR) is 98.6 cm³/mol. The second kappa shape index (κ2) is 7.40. The van der Waals surface area contributed by atoms with Crippen molar-refractivity contribution >= 4 is 28.4 Å². The quantitative estimate of drug-likeness (QED) is 0.737. The average molecular weight is 357 g/mol. The standard InChI is InChI=1S/C19H17ClN2O3/c1-25-16-6-5-12-9-14(19(24)22-17(12)11-16)7-8-21-18(23)13-3-2-4-15(20)10-13/h2-6,9-11H,7-8H2,1H3,(H,21,23)(H,22,24). The lowest BCUT2D eigenvalue weighted by atomic mass is 10.1. The summed E-state index contributed by atoms with van der Waals surface area (Å²) in [5, 5.41) is 4.22. The molecule has 2 N–H and O–H groups in total. The molecule has 3 rings (SSSR count). The molecule has 1 heterocycles. The Morgan fingerprint density at radius 1 is 1.20 bits per heavy atom. The van der Waals surface area contributed by atoms with Crippen molar-refractivity contribution in [2.45, 2.75) is 6.42 Å². The van der Waals surface area contributed by atoms with E-state index in [0.29, 0.717) is 34.9 Å². The maximum absolute atomic E-state index is 12.2. The maximum atomic E-state index is 12.2. The second-order valence-electron chi connectivity index (χ2n) is 5.59. The van der Waals surface area contributed by atoms with Crippen LogP contribution >= 0.6 is 11.6 Å². The molecule has 0 spiro atoms. The van der Waals surface area contributed by atoms with E-state index in [0.717, 1.165) is 10.9 Å². The Morgan fingerprint density at radius 3 is 2.80 bits per heavy atom. The van der Waals surface area contributed by atoms with Crippen molar-refractivity contribution in [3.63, 3.8) is 0 Å². The highest BCUT2D eigenvalue weighted by Crippen LogP contribution is 2.18. The fourth-order valence-electron chi connectivity index (χ4n) is 2.58. The molecular weight excluding hydrogens is 340 g/mol. The molecule has 6 heteroatoms. The lowest BCUT2D eigenvalue weighted by molar-refractivity contribution is 0.0954. The van der Waals surface area contributed by atoms with Crippen LogP contribution in [-0.2, 0) is 6.42 Å². The third-order valence-corrected chi connectivity index (χ3v) is 4.13. The first-order chi connectivity index (χ1) is 12.1. The van der Waals surface area contributed by atoms with Crippen LogP contribution in [0.15, 0.2) is 53.3 Å². The van der Waals surface area contributed by atoms with E-state index in [2.05, 4.69) is 10.3 Å². The molecule has 3 aromatic rings. The Labute approximate surface area is 149 Å². The van der Waals surface area contributed by atoms with E-state index >= 15 is 0 Å². The first kappa shape index (κ1) is 17.0. The van der Waals surface area contributed by atoms with Crippen LogP contribution in [-0.4, -0.2) is 24.5 Å². The van der Waals surface area contributed by atoms with Crippen LogP contribution in [0, 0.1) is 0 Å². The molecule has 0 saturated carbocycles. The number of carbonyl (C=O) groups is 1. The lowest BCUT2D eigenvalue weighted by Crippen LogP contribution is -2.27. The van der Waals surface area contributed by atoms with Gasteiger partial charge in [-0.3, -0.25) is 9.59 Å². The van der Waals surface area contributed by atoms with Gasteiger partial charge in [-0.25, -0.2) is 0 Å². The Hall–Kier alpha value is -2.79. The van der Waals surface area contributed by atoms with E-state index in [9.17, 15) is 9.59 Å². The summed E-state index contributed by atoms with van der Waals surface area (Å²) < 4.78 is 5.16. The SMILES string of the molecule is COc1ccc2cc(CCNC(=O)c3cccc(Cl)c3)c(=O)[nH]c2c1. The zero-order valence-electron chi connectivity index (χ0n) is 13.6. The molecular formula is C19H17ClN2O3. The number of pyridine rings is 1. The molecule has 0 radical (unpaired) electrons. The van der Waals surface area contributed by atoms with Gasteiger partial charge in [0.2, 0.25) is 0 Å². The van der Waals surface area contributed by atoms with Crippen molar-refractivity contribution < 1.29 is 9.53 Å². The van der Waals surface area contributed by atoms with Crippen molar-refractivity contribution in [2.75, 3.05) is 13.7 Å². The van der Waals surface area contributed by atoms with E-state index < -0.39 is 0 Å². The molecule has 2 aromatic carbocycles. The second-order valence-corrected chi connectivity index (χ2v) is 6.03. The maximum Gasteiger partial charge on any atom is 0.251 e. The zero-order chi connectivity index (χ0) is 17.8. The monoisotopic (exact) mass is 356 g/mol. The number of ether oxygens (including phenoxy) is 1. The highest BCUT2D eigenvalue weighted by molar-refractivity contribution is 6.30. The fraction of sp³-hybridized carbons (Fsp3) is 0.158. The third kappa shape index (κ3) is 4.00. The summed E-state index contributed by atoms with van der Waals surface area (Å²) in [6.07, 6.45) is 0.434. The number of halogens is 1. The Balaban J connectivity index is 1.70. The van der Waals surface area contributed by atoms with Gasteiger partial charge in [0.25, 0.3) is 11.5 Å². The summed E-state index contributed by atoms with van der Waals surface area (Å²) >= 11 is 5.88. The van der Waals surface area contributed by atoms with Crippen molar-refractivity contribution in [1.29, 1.82) is 0 Å². The summed E-state index contributed by atoms with van der Waals surface area (Å²) in [5.41, 5.74) is 1.66. The van der Waals surface area contributed by atoms with E-state index in [1.165, 1.54) is 0 Å². The number of rotatable bonds is 5. The molecule has 0 aliphatic rings. The molecule has 128 valence electrons. The number of methoxy groups -OCH3 is 1. The molecule has 0 atom stereocenters. The molecule has 1 amide bonds. The normalized spacial score (nSPS) is 10.6. The number of fused-ring (bicyclic) bond motifs is 1. The molecule has 25 heavy (non-hydrogen) atoms. The molecule has 0 saturated heterocycles. The van der Waals surface area contributed by atoms with Gasteiger partial charge in [-0.2, -0.15) is 0 Å². The first-order valence-corrected chi connectivity index (χ1v) is 8.18. The third-order valence-electron chi connectivity index (χ3n) is 3.90. The minimum atomic E-state index is -0.218. The molecule has 5 nitrogen and oxygen atoms in total. The molecule has 0 aliphatic carbocycles. The van der Waals surface area contributed by atoms with Crippen LogP contribution in [0.1, 0.15) is 15.9 Å². The number of H-pyrrole nitrogens is 1. The van der Waals surface area contributed by atoms with Crippen molar-refractivity contribution in [1.82, 2.24) is 10.3 Å². The van der Waals surface area contributed by atoms with Gasteiger partial charge in [0, 0.05) is 28.8 Å². The zero-order valence-corrected chi connectivity index (χ0v) is 14.4. The smallest absolute Gasteiger partial charge is 0.251 e. The number of aromatic nitrogens is 1. The number of carbonyl (C=O) groups excluding carboxylic acids is 1. The van der Waals surface area contributed by atoms with Crippen molar-refractivity contribution in [3.05, 3.63) is 75.0 Å². The van der Waals surface area contributed by atoms with Crippen LogP contribution in [0.4, 0.5) is 0 Å². The first-order valence-electron chi connectivity index (χ1n) is 7.80. The number of nitrogens with one attached hydrogen (secondary N) is 2. The number of hydrogen-bond acceptors (Lipinski definition) is 3. The van der Waals surface area contributed by atoms with Gasteiger partial charge >= 0.3 is 0 Å². The largest absolute Gasteiger partial charge is 0.497 e.